The van der Waals surface area contributed by atoms with Crippen LogP contribution in [0.15, 0.2) is 65.8 Å². The number of hydrogen-bond acceptors (Lipinski definition) is 1. The van der Waals surface area contributed by atoms with Gasteiger partial charge < -0.3 is 10.1 Å². The van der Waals surface area contributed by atoms with Gasteiger partial charge in [-0.15, -0.1) is 0 Å². The summed E-state index contributed by atoms with van der Waals surface area (Å²) in [5.41, 5.74) is 6.84. The van der Waals surface area contributed by atoms with E-state index in [0.29, 0.717) is 5.92 Å². The van der Waals surface area contributed by atoms with Gasteiger partial charge in [0, 0.05) is 11.2 Å². The van der Waals surface area contributed by atoms with Gasteiger partial charge in [-0.3, -0.25) is 0 Å². The van der Waals surface area contributed by atoms with Crippen molar-refractivity contribution in [3.05, 3.63) is 71.5 Å². The molecule has 3 atom stereocenters. The van der Waals surface area contributed by atoms with Crippen LogP contribution in [0.3, 0.4) is 0 Å². The normalized spacial score (nSPS) is 25.2. The van der Waals surface area contributed by atoms with Gasteiger partial charge in [0.1, 0.15) is 0 Å². The Bertz CT molecular complexity index is 863. The molecule has 0 amide bonds. The van der Waals surface area contributed by atoms with Crippen LogP contribution < -0.4 is 0 Å². The Morgan fingerprint density at radius 2 is 1.93 bits per heavy atom. The lowest BCUT2D eigenvalue weighted by atomic mass is 9.57. The second-order valence-electron chi connectivity index (χ2n) is 8.91. The molecular weight excluding hydrogens is 366 g/mol. The number of hydrogen-bond donors (Lipinski definition) is 2. The molecule has 1 aromatic carbocycles. The highest BCUT2D eigenvalue weighted by Gasteiger charge is 2.44. The number of fused-ring (bicyclic) bond motifs is 2. The molecule has 2 heteroatoms. The second kappa shape index (κ2) is 10.8. The highest BCUT2D eigenvalue weighted by molar-refractivity contribution is 5.80. The second-order valence-corrected chi connectivity index (χ2v) is 8.91. The molecule has 1 aromatic heterocycles. The standard InChI is InChI=1S/C21H25NO.C5H10.C2H6/c1-14-7-8-16-12-18(23)9-10-21(16,2)19(14)13-17-11-15-5-3-4-6-20(15)22-17;1-4-5(2)3;1-2/h3-6,8,11,18-19,22-23H,1,7,9-10,12-13H2,2H3;4H,1-3H3;1-2H3/t18-,19-,21-;;/m0../s1. The maximum absolute atomic E-state index is 10.0. The van der Waals surface area contributed by atoms with Gasteiger partial charge in [0.05, 0.1) is 6.10 Å². The SMILES string of the molecule is C=C1CC=C2C[C@@H](O)CC[C@]2(C)[C@H]1Cc1cc2ccccc2[nH]1.CC.CC=C(C)C. The Labute approximate surface area is 183 Å². The van der Waals surface area contributed by atoms with Gasteiger partial charge in [0.25, 0.3) is 0 Å². The smallest absolute Gasteiger partial charge is 0.0577 e. The summed E-state index contributed by atoms with van der Waals surface area (Å²) in [5, 5.41) is 11.3. The van der Waals surface area contributed by atoms with Crippen LogP contribution in [-0.4, -0.2) is 16.2 Å². The minimum Gasteiger partial charge on any atom is -0.393 e. The predicted octanol–water partition coefficient (Wildman–Crippen LogP) is 7.76. The topological polar surface area (TPSA) is 36.0 Å². The number of H-pyrrole nitrogens is 1. The molecular formula is C28H41NO. The number of para-hydroxylation sites is 1. The van der Waals surface area contributed by atoms with Gasteiger partial charge in [-0.1, -0.05) is 74.4 Å². The molecule has 1 saturated carbocycles. The summed E-state index contributed by atoms with van der Waals surface area (Å²) in [6, 6.07) is 10.7. The number of aliphatic hydroxyl groups excluding tert-OH is 1. The summed E-state index contributed by atoms with van der Waals surface area (Å²) in [5.74, 6) is 0.461. The average molecular weight is 408 g/mol. The Morgan fingerprint density at radius 1 is 1.27 bits per heavy atom. The van der Waals surface area contributed by atoms with Crippen LogP contribution in [0.25, 0.3) is 10.9 Å². The fourth-order valence-corrected chi connectivity index (χ4v) is 4.61. The van der Waals surface area contributed by atoms with E-state index in [1.165, 1.54) is 33.3 Å². The first-order chi connectivity index (χ1) is 14.3. The molecule has 0 radical (unpaired) electrons. The van der Waals surface area contributed by atoms with Gasteiger partial charge in [0.2, 0.25) is 0 Å². The molecule has 30 heavy (non-hydrogen) atoms. The quantitative estimate of drug-likeness (QED) is 0.490. The first-order valence-corrected chi connectivity index (χ1v) is 11.5. The van der Waals surface area contributed by atoms with Crippen molar-refractivity contribution in [2.75, 3.05) is 0 Å². The van der Waals surface area contributed by atoms with Gasteiger partial charge in [-0.2, -0.15) is 0 Å². The highest BCUT2D eigenvalue weighted by atomic mass is 16.3. The molecule has 0 bridgehead atoms. The zero-order valence-corrected chi connectivity index (χ0v) is 19.9. The highest BCUT2D eigenvalue weighted by Crippen LogP contribution is 2.53. The molecule has 2 aliphatic carbocycles. The van der Waals surface area contributed by atoms with E-state index in [1.54, 1.807) is 0 Å². The Kier molecular flexibility index (Phi) is 8.73. The monoisotopic (exact) mass is 407 g/mol. The van der Waals surface area contributed by atoms with Crippen molar-refractivity contribution >= 4 is 10.9 Å². The number of aliphatic hydroxyl groups is 1. The summed E-state index contributed by atoms with van der Waals surface area (Å²) < 4.78 is 0. The molecule has 2 aliphatic rings. The van der Waals surface area contributed by atoms with Crippen molar-refractivity contribution in [3.63, 3.8) is 0 Å². The number of benzene rings is 1. The van der Waals surface area contributed by atoms with E-state index < -0.39 is 0 Å². The van der Waals surface area contributed by atoms with Crippen LogP contribution >= 0.6 is 0 Å². The third kappa shape index (κ3) is 5.55. The lowest BCUT2D eigenvalue weighted by Gasteiger charge is -2.48. The summed E-state index contributed by atoms with van der Waals surface area (Å²) in [6.45, 7) is 17.0. The van der Waals surface area contributed by atoms with Crippen LogP contribution in [-0.2, 0) is 6.42 Å². The fraction of sp³-hybridized carbons (Fsp3) is 0.500. The molecule has 2 N–H and O–H groups in total. The van der Waals surface area contributed by atoms with Crippen molar-refractivity contribution in [1.82, 2.24) is 4.98 Å². The Balaban J connectivity index is 0.000000404. The third-order valence-corrected chi connectivity index (χ3v) is 6.65. The van der Waals surface area contributed by atoms with Crippen LogP contribution in [0.4, 0.5) is 0 Å². The summed E-state index contributed by atoms with van der Waals surface area (Å²) in [7, 11) is 0. The molecule has 2 nitrogen and oxygen atoms in total. The van der Waals surface area contributed by atoms with E-state index in [9.17, 15) is 5.11 Å². The number of allylic oxidation sites excluding steroid dienone is 4. The molecule has 0 aliphatic heterocycles. The number of aromatic amines is 1. The average Bonchev–Trinajstić information content (AvgIpc) is 3.16. The lowest BCUT2D eigenvalue weighted by molar-refractivity contribution is 0.0874. The summed E-state index contributed by atoms with van der Waals surface area (Å²) >= 11 is 0. The Hall–Kier alpha value is -2.06. The lowest BCUT2D eigenvalue weighted by Crippen LogP contribution is -2.40. The van der Waals surface area contributed by atoms with Crippen molar-refractivity contribution in [3.8, 4) is 0 Å². The van der Waals surface area contributed by atoms with E-state index in [-0.39, 0.29) is 11.5 Å². The number of aromatic nitrogens is 1. The van der Waals surface area contributed by atoms with Crippen LogP contribution in [0.1, 0.15) is 72.9 Å². The predicted molar refractivity (Wildman–Crippen MR) is 132 cm³/mol. The molecule has 0 saturated heterocycles. The number of rotatable bonds is 2. The molecule has 0 unspecified atom stereocenters. The van der Waals surface area contributed by atoms with E-state index in [1.807, 2.05) is 20.8 Å². The Morgan fingerprint density at radius 3 is 2.57 bits per heavy atom. The minimum absolute atomic E-state index is 0.158. The van der Waals surface area contributed by atoms with E-state index in [2.05, 4.69) is 74.8 Å². The first kappa shape index (κ1) is 24.2. The van der Waals surface area contributed by atoms with Crippen LogP contribution in [0.5, 0.6) is 0 Å². The maximum Gasteiger partial charge on any atom is 0.0577 e. The maximum atomic E-state index is 10.0. The summed E-state index contributed by atoms with van der Waals surface area (Å²) in [4.78, 5) is 3.57. The van der Waals surface area contributed by atoms with E-state index in [4.69, 9.17) is 0 Å². The van der Waals surface area contributed by atoms with Crippen LogP contribution in [0, 0.1) is 11.3 Å². The molecule has 1 heterocycles. The van der Waals surface area contributed by atoms with Gasteiger partial charge in [-0.25, -0.2) is 0 Å². The summed E-state index contributed by atoms with van der Waals surface area (Å²) in [6.07, 6.45) is 9.03. The zero-order valence-electron chi connectivity index (χ0n) is 19.9. The minimum atomic E-state index is -0.158. The van der Waals surface area contributed by atoms with Crippen molar-refractivity contribution in [2.24, 2.45) is 11.3 Å². The van der Waals surface area contributed by atoms with Crippen molar-refractivity contribution < 1.29 is 5.11 Å². The largest absolute Gasteiger partial charge is 0.393 e. The molecule has 1 fully saturated rings. The van der Waals surface area contributed by atoms with Gasteiger partial charge in [0.15, 0.2) is 0 Å². The fourth-order valence-electron chi connectivity index (χ4n) is 4.61. The van der Waals surface area contributed by atoms with Gasteiger partial charge in [-0.05, 0) is 81.7 Å². The van der Waals surface area contributed by atoms with E-state index >= 15 is 0 Å². The van der Waals surface area contributed by atoms with Crippen LogP contribution in [0.2, 0.25) is 0 Å². The molecule has 164 valence electrons. The third-order valence-electron chi connectivity index (χ3n) is 6.65. The molecule has 2 aromatic rings. The number of nitrogens with one attached hydrogen (secondary N) is 1. The zero-order chi connectivity index (χ0) is 22.3. The van der Waals surface area contributed by atoms with E-state index in [0.717, 1.165) is 32.1 Å². The first-order valence-electron chi connectivity index (χ1n) is 11.5. The molecule has 0 spiro atoms. The molecule has 4 rings (SSSR count). The van der Waals surface area contributed by atoms with Gasteiger partial charge >= 0.3 is 0 Å². The van der Waals surface area contributed by atoms with Crippen molar-refractivity contribution in [1.29, 1.82) is 0 Å². The van der Waals surface area contributed by atoms with Crippen molar-refractivity contribution in [2.45, 2.75) is 79.8 Å².